The highest BCUT2D eigenvalue weighted by molar-refractivity contribution is 5.95. The molecule has 1 rings (SSSR count). The van der Waals surface area contributed by atoms with Crippen LogP contribution in [0.2, 0.25) is 0 Å². The van der Waals surface area contributed by atoms with Crippen LogP contribution in [0.1, 0.15) is 68.6 Å². The summed E-state index contributed by atoms with van der Waals surface area (Å²) >= 11 is 0. The molecule has 0 aliphatic heterocycles. The fourth-order valence-electron chi connectivity index (χ4n) is 3.11. The van der Waals surface area contributed by atoms with Crippen molar-refractivity contribution in [1.29, 1.82) is 0 Å². The van der Waals surface area contributed by atoms with E-state index >= 15 is 0 Å². The Labute approximate surface area is 210 Å². The molecule has 5 N–H and O–H groups in total. The molecule has 1 amide bonds. The highest BCUT2D eigenvalue weighted by Crippen LogP contribution is 2.35. The van der Waals surface area contributed by atoms with Crippen molar-refractivity contribution in [2.24, 2.45) is 0 Å². The lowest BCUT2D eigenvalue weighted by molar-refractivity contribution is 0.0953. The summed E-state index contributed by atoms with van der Waals surface area (Å²) in [7, 11) is 0. The molecule has 0 saturated heterocycles. The number of hydrogen-bond acceptors (Lipinski definition) is 5. The molecule has 6 heteroatoms. The summed E-state index contributed by atoms with van der Waals surface area (Å²) in [6.07, 6.45) is 30.3. The lowest BCUT2D eigenvalue weighted by atomic mass is 10.1. The van der Waals surface area contributed by atoms with Gasteiger partial charge in [0.1, 0.15) is 0 Å². The highest BCUT2D eigenvalue weighted by atomic mass is 16.3. The second kappa shape index (κ2) is 20.2. The van der Waals surface area contributed by atoms with Gasteiger partial charge in [0, 0.05) is 18.7 Å². The zero-order valence-electron chi connectivity index (χ0n) is 21.0. The molecular weight excluding hydrogens is 440 g/mol. The molecule has 0 heterocycles. The molecule has 0 saturated carbocycles. The van der Waals surface area contributed by atoms with Crippen LogP contribution in [0.15, 0.2) is 72.9 Å². The number of phenols is 3. The third kappa shape index (κ3) is 15.3. The Morgan fingerprint density at radius 1 is 0.714 bits per heavy atom. The van der Waals surface area contributed by atoms with Crippen LogP contribution in [-0.4, -0.2) is 40.9 Å². The average Bonchev–Trinajstić information content (AvgIpc) is 2.85. The smallest absolute Gasteiger partial charge is 0.251 e. The number of phenolic OH excluding ortho intramolecular Hbond substituents is 3. The lowest BCUT2D eigenvalue weighted by Gasteiger charge is -2.08. The van der Waals surface area contributed by atoms with E-state index in [0.717, 1.165) is 70.0 Å². The first-order valence-electron chi connectivity index (χ1n) is 12.5. The van der Waals surface area contributed by atoms with Gasteiger partial charge in [-0.2, -0.15) is 0 Å². The number of unbranched alkanes of at least 4 members (excludes halogenated alkanes) is 2. The number of carbonyl (C=O) groups excluding carboxylic acids is 1. The van der Waals surface area contributed by atoms with Crippen molar-refractivity contribution in [2.45, 2.75) is 58.3 Å². The second-order valence-electron chi connectivity index (χ2n) is 8.07. The van der Waals surface area contributed by atoms with E-state index in [1.807, 2.05) is 0 Å². The normalized spacial score (nSPS) is 12.3. The van der Waals surface area contributed by atoms with Gasteiger partial charge in [0.25, 0.3) is 5.91 Å². The van der Waals surface area contributed by atoms with Gasteiger partial charge < -0.3 is 26.0 Å². The summed E-state index contributed by atoms with van der Waals surface area (Å²) < 4.78 is 0. The largest absolute Gasteiger partial charge is 0.504 e. The van der Waals surface area contributed by atoms with E-state index in [2.05, 4.69) is 78.3 Å². The Bertz CT molecular complexity index is 846. The van der Waals surface area contributed by atoms with E-state index in [4.69, 9.17) is 0 Å². The summed E-state index contributed by atoms with van der Waals surface area (Å²) in [4.78, 5) is 12.0. The number of allylic oxidation sites excluding steroid dienone is 10. The minimum Gasteiger partial charge on any atom is -0.504 e. The summed E-state index contributed by atoms with van der Waals surface area (Å²) in [5.41, 5.74) is 0.0925. The quantitative estimate of drug-likeness (QED) is 0.0997. The SMILES string of the molecule is CC/C=C\CC=CCC=CC/C=C\C/C=C\CCCCNCCNC(=O)c1cc(O)c(O)c(O)c1. The van der Waals surface area contributed by atoms with Crippen LogP contribution in [0, 0.1) is 0 Å². The molecule has 0 spiro atoms. The lowest BCUT2D eigenvalue weighted by Crippen LogP contribution is -2.32. The average molecular weight is 483 g/mol. The summed E-state index contributed by atoms with van der Waals surface area (Å²) in [6.45, 7) is 4.08. The van der Waals surface area contributed by atoms with E-state index in [1.54, 1.807) is 0 Å². The van der Waals surface area contributed by atoms with E-state index in [1.165, 1.54) is 0 Å². The maximum Gasteiger partial charge on any atom is 0.251 e. The second-order valence-corrected chi connectivity index (χ2v) is 8.07. The number of nitrogens with one attached hydrogen (secondary N) is 2. The zero-order chi connectivity index (χ0) is 25.6. The Hall–Kier alpha value is -3.25. The van der Waals surface area contributed by atoms with Gasteiger partial charge in [-0.3, -0.25) is 4.79 Å². The fourth-order valence-corrected chi connectivity index (χ4v) is 3.11. The molecule has 0 aromatic heterocycles. The van der Waals surface area contributed by atoms with Crippen molar-refractivity contribution in [3.63, 3.8) is 0 Å². The zero-order valence-corrected chi connectivity index (χ0v) is 21.0. The van der Waals surface area contributed by atoms with Crippen LogP contribution >= 0.6 is 0 Å². The van der Waals surface area contributed by atoms with Gasteiger partial charge in [-0.15, -0.1) is 0 Å². The van der Waals surface area contributed by atoms with E-state index in [0.29, 0.717) is 13.1 Å². The van der Waals surface area contributed by atoms with Gasteiger partial charge in [-0.05, 0) is 70.0 Å². The van der Waals surface area contributed by atoms with Gasteiger partial charge >= 0.3 is 0 Å². The molecular formula is C29H42N2O4. The van der Waals surface area contributed by atoms with Crippen molar-refractivity contribution in [3.05, 3.63) is 78.5 Å². The molecule has 0 fully saturated rings. The number of hydrogen-bond donors (Lipinski definition) is 5. The maximum absolute atomic E-state index is 12.0. The standard InChI is InChI=1S/C29H42N2O4/c1-2-3-4-5-6-7-8-9-10-11-12-13-14-15-16-17-18-19-20-30-21-22-31-29(35)25-23-26(32)28(34)27(33)24-25/h3-4,6-7,9-10,12-13,15-16,23-24,30,32-34H,2,5,8,11,14,17-22H2,1H3,(H,31,35)/b4-3-,7-6?,10-9?,13-12-,16-15-. The Kier molecular flexibility index (Phi) is 17.1. The first-order chi connectivity index (χ1) is 17.1. The van der Waals surface area contributed by atoms with Crippen LogP contribution in [0.25, 0.3) is 0 Å². The van der Waals surface area contributed by atoms with Crippen molar-refractivity contribution in [3.8, 4) is 17.2 Å². The molecule has 0 unspecified atom stereocenters. The van der Waals surface area contributed by atoms with Crippen molar-refractivity contribution in [1.82, 2.24) is 10.6 Å². The minimum atomic E-state index is -0.632. The third-order valence-corrected chi connectivity index (χ3v) is 5.05. The summed E-state index contributed by atoms with van der Waals surface area (Å²) in [6, 6.07) is 2.23. The Morgan fingerprint density at radius 2 is 1.23 bits per heavy atom. The minimum absolute atomic E-state index is 0.0925. The summed E-state index contributed by atoms with van der Waals surface area (Å²) in [5, 5.41) is 34.2. The van der Waals surface area contributed by atoms with Gasteiger partial charge in [-0.25, -0.2) is 0 Å². The first kappa shape index (κ1) is 29.8. The predicted molar refractivity (Wildman–Crippen MR) is 145 cm³/mol. The molecule has 6 nitrogen and oxygen atoms in total. The van der Waals surface area contributed by atoms with Crippen molar-refractivity contribution < 1.29 is 20.1 Å². The summed E-state index contributed by atoms with van der Waals surface area (Å²) in [5.74, 6) is -2.11. The highest BCUT2D eigenvalue weighted by Gasteiger charge is 2.12. The van der Waals surface area contributed by atoms with Crippen LogP contribution in [0.4, 0.5) is 0 Å². The topological polar surface area (TPSA) is 102 Å². The number of rotatable bonds is 18. The Balaban J connectivity index is 1.96. The molecule has 35 heavy (non-hydrogen) atoms. The number of carbonyl (C=O) groups is 1. The van der Waals surface area contributed by atoms with Gasteiger partial charge in [-0.1, -0.05) is 67.7 Å². The van der Waals surface area contributed by atoms with Gasteiger partial charge in [0.05, 0.1) is 0 Å². The number of amides is 1. The van der Waals surface area contributed by atoms with E-state index < -0.39 is 23.2 Å². The van der Waals surface area contributed by atoms with E-state index in [9.17, 15) is 20.1 Å². The van der Waals surface area contributed by atoms with Crippen molar-refractivity contribution in [2.75, 3.05) is 19.6 Å². The van der Waals surface area contributed by atoms with Crippen LogP contribution in [0.5, 0.6) is 17.2 Å². The van der Waals surface area contributed by atoms with Gasteiger partial charge in [0.15, 0.2) is 17.2 Å². The molecule has 0 aliphatic carbocycles. The third-order valence-electron chi connectivity index (χ3n) is 5.05. The van der Waals surface area contributed by atoms with Gasteiger partial charge in [0.2, 0.25) is 0 Å². The van der Waals surface area contributed by atoms with Crippen LogP contribution in [0.3, 0.4) is 0 Å². The van der Waals surface area contributed by atoms with Crippen molar-refractivity contribution >= 4 is 5.91 Å². The molecule has 192 valence electrons. The fraction of sp³-hybridized carbons (Fsp3) is 0.414. The molecule has 0 radical (unpaired) electrons. The van der Waals surface area contributed by atoms with E-state index in [-0.39, 0.29) is 5.56 Å². The molecule has 1 aromatic carbocycles. The monoisotopic (exact) mass is 482 g/mol. The number of aromatic hydroxyl groups is 3. The maximum atomic E-state index is 12.0. The first-order valence-corrected chi connectivity index (χ1v) is 12.5. The molecule has 0 bridgehead atoms. The molecule has 0 atom stereocenters. The predicted octanol–water partition coefficient (Wildman–Crippen LogP) is 6.04. The van der Waals surface area contributed by atoms with Crippen LogP contribution in [-0.2, 0) is 0 Å². The number of benzene rings is 1. The van der Waals surface area contributed by atoms with Crippen LogP contribution < -0.4 is 10.6 Å². The molecule has 1 aromatic rings. The molecule has 0 aliphatic rings. The Morgan fingerprint density at radius 3 is 1.77 bits per heavy atom.